The van der Waals surface area contributed by atoms with E-state index in [-0.39, 0.29) is 24.1 Å². The zero-order chi connectivity index (χ0) is 17.8. The predicted molar refractivity (Wildman–Crippen MR) is 90.3 cm³/mol. The number of methoxy groups -OCH3 is 1. The van der Waals surface area contributed by atoms with Crippen LogP contribution in [-0.4, -0.2) is 43.3 Å². The van der Waals surface area contributed by atoms with Crippen LogP contribution >= 0.6 is 0 Å². The number of esters is 1. The number of hydrogen-bond donors (Lipinski definition) is 0. The maximum atomic E-state index is 13.1. The lowest BCUT2D eigenvalue weighted by Gasteiger charge is -2.23. The normalized spacial score (nSPS) is 32.4. The van der Waals surface area contributed by atoms with Gasteiger partial charge >= 0.3 is 5.97 Å². The van der Waals surface area contributed by atoms with Gasteiger partial charge in [-0.05, 0) is 38.1 Å². The molecule has 3 aliphatic rings. The molecular formula is C19H21NO5. The van der Waals surface area contributed by atoms with Gasteiger partial charge in [0.25, 0.3) is 0 Å². The fourth-order valence-corrected chi connectivity index (χ4v) is 4.06. The summed E-state index contributed by atoms with van der Waals surface area (Å²) >= 11 is 0. The minimum absolute atomic E-state index is 0.0947. The van der Waals surface area contributed by atoms with Crippen LogP contribution in [0.1, 0.15) is 13.8 Å². The Kier molecular flexibility index (Phi) is 3.61. The Morgan fingerprint density at radius 3 is 2.68 bits per heavy atom. The van der Waals surface area contributed by atoms with Crippen LogP contribution in [0.25, 0.3) is 0 Å². The molecule has 132 valence electrons. The Labute approximate surface area is 146 Å². The Morgan fingerprint density at radius 2 is 2.04 bits per heavy atom. The van der Waals surface area contributed by atoms with E-state index in [1.807, 2.05) is 36.4 Å². The molecule has 2 fully saturated rings. The molecule has 1 aromatic rings. The summed E-state index contributed by atoms with van der Waals surface area (Å²) in [5.74, 6) is -0.841. The average molecular weight is 343 g/mol. The molecule has 0 aliphatic carbocycles. The molecule has 1 amide bonds. The van der Waals surface area contributed by atoms with Crippen molar-refractivity contribution in [3.05, 3.63) is 36.4 Å². The highest BCUT2D eigenvalue weighted by Gasteiger charge is 2.67. The van der Waals surface area contributed by atoms with Gasteiger partial charge in [-0.1, -0.05) is 12.2 Å². The van der Waals surface area contributed by atoms with E-state index < -0.39 is 17.4 Å². The first-order chi connectivity index (χ1) is 11.9. The quantitative estimate of drug-likeness (QED) is 0.617. The van der Waals surface area contributed by atoms with E-state index in [2.05, 4.69) is 0 Å². The molecule has 3 aliphatic heterocycles. The third-order valence-electron chi connectivity index (χ3n) is 5.11. The number of amides is 1. The number of carbonyl (C=O) groups is 2. The number of carbonyl (C=O) groups excluding carboxylic acids is 2. The van der Waals surface area contributed by atoms with Crippen molar-refractivity contribution in [3.8, 4) is 5.75 Å². The van der Waals surface area contributed by atoms with Gasteiger partial charge in [0.05, 0.1) is 31.8 Å². The number of nitrogens with zero attached hydrogens (tertiary/aromatic N) is 1. The van der Waals surface area contributed by atoms with E-state index in [0.717, 1.165) is 11.4 Å². The van der Waals surface area contributed by atoms with E-state index in [4.69, 9.17) is 14.2 Å². The van der Waals surface area contributed by atoms with E-state index in [9.17, 15) is 9.59 Å². The first kappa shape index (κ1) is 16.1. The molecule has 6 heteroatoms. The van der Waals surface area contributed by atoms with Crippen molar-refractivity contribution < 1.29 is 23.8 Å². The van der Waals surface area contributed by atoms with Crippen LogP contribution < -0.4 is 9.64 Å². The van der Waals surface area contributed by atoms with Crippen molar-refractivity contribution in [3.63, 3.8) is 0 Å². The van der Waals surface area contributed by atoms with Crippen molar-refractivity contribution in [2.45, 2.75) is 31.7 Å². The molecule has 0 unspecified atom stereocenters. The Hall–Kier alpha value is -2.34. The van der Waals surface area contributed by atoms with Crippen LogP contribution in [0.15, 0.2) is 36.4 Å². The van der Waals surface area contributed by atoms with Gasteiger partial charge in [0.15, 0.2) is 0 Å². The summed E-state index contributed by atoms with van der Waals surface area (Å²) in [6.07, 6.45) is 3.22. The van der Waals surface area contributed by atoms with E-state index in [1.165, 1.54) is 0 Å². The van der Waals surface area contributed by atoms with Gasteiger partial charge in [-0.2, -0.15) is 0 Å². The predicted octanol–water partition coefficient (Wildman–Crippen LogP) is 1.93. The molecule has 0 N–H and O–H groups in total. The molecule has 2 bridgehead atoms. The number of ether oxygens (including phenoxy) is 3. The second-order valence-electron chi connectivity index (χ2n) is 7.01. The molecule has 2 saturated heterocycles. The lowest BCUT2D eigenvalue weighted by Crippen LogP contribution is -2.40. The summed E-state index contributed by atoms with van der Waals surface area (Å²) < 4.78 is 16.6. The van der Waals surface area contributed by atoms with Crippen molar-refractivity contribution in [2.75, 3.05) is 18.6 Å². The number of rotatable bonds is 4. The fourth-order valence-electron chi connectivity index (χ4n) is 4.06. The molecule has 1 aromatic carbocycles. The maximum absolute atomic E-state index is 13.1. The molecule has 0 radical (unpaired) electrons. The first-order valence-electron chi connectivity index (χ1n) is 8.48. The minimum atomic E-state index is -0.734. The van der Waals surface area contributed by atoms with Gasteiger partial charge < -0.3 is 19.1 Å². The van der Waals surface area contributed by atoms with Crippen molar-refractivity contribution in [1.82, 2.24) is 0 Å². The highest BCUT2D eigenvalue weighted by Crippen LogP contribution is 2.53. The van der Waals surface area contributed by atoms with Crippen molar-refractivity contribution in [2.24, 2.45) is 11.8 Å². The van der Waals surface area contributed by atoms with Crippen LogP contribution in [0, 0.1) is 11.8 Å². The first-order valence-corrected chi connectivity index (χ1v) is 8.48. The van der Waals surface area contributed by atoms with Gasteiger partial charge in [-0.3, -0.25) is 9.59 Å². The molecule has 6 nitrogen and oxygen atoms in total. The summed E-state index contributed by atoms with van der Waals surface area (Å²) in [5.41, 5.74) is 0.0357. The summed E-state index contributed by atoms with van der Waals surface area (Å²) in [6.45, 7) is 4.01. The molecular weight excluding hydrogens is 322 g/mol. The van der Waals surface area contributed by atoms with Crippen molar-refractivity contribution in [1.29, 1.82) is 0 Å². The molecule has 1 spiro atoms. The van der Waals surface area contributed by atoms with Gasteiger partial charge in [0.2, 0.25) is 5.91 Å². The highest BCUT2D eigenvalue weighted by atomic mass is 16.6. The summed E-state index contributed by atoms with van der Waals surface area (Å²) in [5, 5.41) is 0. The summed E-state index contributed by atoms with van der Waals surface area (Å²) in [4.78, 5) is 27.3. The Balaban J connectivity index is 1.64. The van der Waals surface area contributed by atoms with Gasteiger partial charge in [0, 0.05) is 5.69 Å². The second-order valence-corrected chi connectivity index (χ2v) is 7.01. The summed E-state index contributed by atoms with van der Waals surface area (Å²) in [7, 11) is 1.60. The molecule has 4 rings (SSSR count). The molecule has 0 aromatic heterocycles. The lowest BCUT2D eigenvalue weighted by molar-refractivity contribution is -0.156. The van der Waals surface area contributed by atoms with E-state index in [0.29, 0.717) is 6.54 Å². The van der Waals surface area contributed by atoms with Crippen LogP contribution in [-0.2, 0) is 19.1 Å². The summed E-state index contributed by atoms with van der Waals surface area (Å²) in [6, 6.07) is 7.30. The lowest BCUT2D eigenvalue weighted by atomic mass is 9.77. The van der Waals surface area contributed by atoms with Gasteiger partial charge in [0.1, 0.15) is 17.3 Å². The van der Waals surface area contributed by atoms with Crippen molar-refractivity contribution >= 4 is 17.6 Å². The van der Waals surface area contributed by atoms with Crippen LogP contribution in [0.3, 0.4) is 0 Å². The van der Waals surface area contributed by atoms with E-state index >= 15 is 0 Å². The monoisotopic (exact) mass is 343 g/mol. The molecule has 4 atom stereocenters. The maximum Gasteiger partial charge on any atom is 0.313 e. The van der Waals surface area contributed by atoms with Gasteiger partial charge in [-0.15, -0.1) is 0 Å². The Morgan fingerprint density at radius 1 is 1.32 bits per heavy atom. The Bertz CT molecular complexity index is 741. The average Bonchev–Trinajstić information content (AvgIpc) is 3.22. The molecule has 0 saturated carbocycles. The number of anilines is 1. The number of hydrogen-bond acceptors (Lipinski definition) is 5. The SMILES string of the molecule is COc1ccc(N2C[C@@]34C=C[C@H](O3)[C@@H](C(=O)OC(C)C)[C@H]4C2=O)cc1. The second kappa shape index (κ2) is 5.59. The topological polar surface area (TPSA) is 65.1 Å². The third-order valence-corrected chi connectivity index (χ3v) is 5.11. The van der Waals surface area contributed by atoms with E-state index in [1.54, 1.807) is 25.9 Å². The molecule has 3 heterocycles. The minimum Gasteiger partial charge on any atom is -0.497 e. The largest absolute Gasteiger partial charge is 0.497 e. The zero-order valence-corrected chi connectivity index (χ0v) is 14.5. The standard InChI is InChI=1S/C19H21NO5/c1-11(2)24-18(22)15-14-8-9-19(25-14)10-20(17(21)16(15)19)12-4-6-13(23-3)7-5-12/h4-9,11,14-16H,10H2,1-3H3/t14-,15+,16-,19+/m0/s1. The van der Waals surface area contributed by atoms with Gasteiger partial charge in [-0.25, -0.2) is 0 Å². The number of fused-ring (bicyclic) bond motifs is 1. The third kappa shape index (κ3) is 2.35. The van der Waals surface area contributed by atoms with Crippen LogP contribution in [0.4, 0.5) is 5.69 Å². The molecule has 25 heavy (non-hydrogen) atoms. The number of benzene rings is 1. The zero-order valence-electron chi connectivity index (χ0n) is 14.5. The smallest absolute Gasteiger partial charge is 0.313 e. The highest BCUT2D eigenvalue weighted by molar-refractivity contribution is 6.02. The van der Waals surface area contributed by atoms with Crippen LogP contribution in [0.2, 0.25) is 0 Å². The fraction of sp³-hybridized carbons (Fsp3) is 0.474. The van der Waals surface area contributed by atoms with Crippen LogP contribution in [0.5, 0.6) is 5.75 Å².